The van der Waals surface area contributed by atoms with Crippen molar-refractivity contribution in [2.45, 2.75) is 50.6 Å². The molecule has 1 saturated heterocycles. The van der Waals surface area contributed by atoms with Crippen molar-refractivity contribution in [3.8, 4) is 0 Å². The molecular weight excluding hydrogens is 358 g/mol. The average Bonchev–Trinajstić information content (AvgIpc) is 3.06. The quantitative estimate of drug-likeness (QED) is 0.730. The van der Waals surface area contributed by atoms with Gasteiger partial charge in [0.05, 0.1) is 0 Å². The van der Waals surface area contributed by atoms with E-state index >= 15 is 0 Å². The smallest absolute Gasteiger partial charge is 0.303 e. The first-order chi connectivity index (χ1) is 13.4. The van der Waals surface area contributed by atoms with E-state index in [2.05, 4.69) is 10.3 Å². The molecule has 7 nitrogen and oxygen atoms in total. The summed E-state index contributed by atoms with van der Waals surface area (Å²) in [4.78, 5) is 41.1. The van der Waals surface area contributed by atoms with Crippen molar-refractivity contribution in [2.75, 3.05) is 7.05 Å². The van der Waals surface area contributed by atoms with Crippen LogP contribution in [0.3, 0.4) is 0 Å². The number of carbonyl (C=O) groups excluding carboxylic acids is 2. The maximum absolute atomic E-state index is 12.7. The molecule has 1 atom stereocenters. The van der Waals surface area contributed by atoms with Gasteiger partial charge in [-0.3, -0.25) is 19.4 Å². The third-order valence-electron chi connectivity index (χ3n) is 5.47. The molecule has 0 unspecified atom stereocenters. The highest BCUT2D eigenvalue weighted by Crippen LogP contribution is 2.30. The minimum absolute atomic E-state index is 0.0195. The number of fused-ring (bicyclic) bond motifs is 1. The van der Waals surface area contributed by atoms with E-state index in [0.717, 1.165) is 16.3 Å². The second-order valence-electron chi connectivity index (χ2n) is 7.49. The molecule has 2 amide bonds. The number of hydrogen-bond donors (Lipinski definition) is 2. The van der Waals surface area contributed by atoms with Gasteiger partial charge in [0.25, 0.3) is 0 Å². The summed E-state index contributed by atoms with van der Waals surface area (Å²) < 4.78 is 0. The van der Waals surface area contributed by atoms with Crippen molar-refractivity contribution in [3.63, 3.8) is 0 Å². The number of carboxylic acid groups (broad SMARTS) is 1. The van der Waals surface area contributed by atoms with E-state index in [-0.39, 0.29) is 24.7 Å². The van der Waals surface area contributed by atoms with Crippen molar-refractivity contribution in [3.05, 3.63) is 42.2 Å². The fourth-order valence-corrected chi connectivity index (χ4v) is 3.83. The normalized spacial score (nSPS) is 18.8. The van der Waals surface area contributed by atoms with Crippen LogP contribution < -0.4 is 5.32 Å². The van der Waals surface area contributed by atoms with Crippen molar-refractivity contribution in [1.82, 2.24) is 15.2 Å². The van der Waals surface area contributed by atoms with Gasteiger partial charge in [0.15, 0.2) is 0 Å². The van der Waals surface area contributed by atoms with E-state index in [1.165, 1.54) is 0 Å². The maximum atomic E-state index is 12.7. The van der Waals surface area contributed by atoms with E-state index in [4.69, 9.17) is 5.11 Å². The number of amides is 2. The lowest BCUT2D eigenvalue weighted by atomic mass is 9.86. The minimum atomic E-state index is -0.894. The number of pyridine rings is 1. The minimum Gasteiger partial charge on any atom is -0.481 e. The first-order valence-electron chi connectivity index (χ1n) is 9.47. The molecule has 1 aromatic heterocycles. The number of carbonyl (C=O) groups is 3. The molecule has 1 aliphatic heterocycles. The van der Waals surface area contributed by atoms with Gasteiger partial charge in [0.1, 0.15) is 0 Å². The van der Waals surface area contributed by atoms with Crippen LogP contribution in [0.1, 0.15) is 44.1 Å². The van der Waals surface area contributed by atoms with Crippen LogP contribution in [-0.2, 0) is 20.9 Å². The Balaban J connectivity index is 1.63. The molecule has 148 valence electrons. The van der Waals surface area contributed by atoms with Gasteiger partial charge in [-0.15, -0.1) is 0 Å². The summed E-state index contributed by atoms with van der Waals surface area (Å²) in [5.74, 6) is -0.994. The molecule has 0 aliphatic carbocycles. The van der Waals surface area contributed by atoms with Gasteiger partial charge in [0, 0.05) is 56.2 Å². The van der Waals surface area contributed by atoms with Gasteiger partial charge in [-0.1, -0.05) is 18.2 Å². The van der Waals surface area contributed by atoms with E-state index in [1.54, 1.807) is 24.3 Å². The van der Waals surface area contributed by atoms with Gasteiger partial charge in [-0.2, -0.15) is 0 Å². The first-order valence-corrected chi connectivity index (χ1v) is 9.47. The average molecular weight is 383 g/mol. The van der Waals surface area contributed by atoms with E-state index in [1.807, 2.05) is 24.3 Å². The van der Waals surface area contributed by atoms with Crippen molar-refractivity contribution in [2.24, 2.45) is 0 Å². The predicted molar refractivity (Wildman–Crippen MR) is 104 cm³/mol. The van der Waals surface area contributed by atoms with Gasteiger partial charge >= 0.3 is 5.97 Å². The fraction of sp³-hybridized carbons (Fsp3) is 0.429. The Morgan fingerprint density at radius 2 is 2.04 bits per heavy atom. The zero-order valence-electron chi connectivity index (χ0n) is 16.0. The molecule has 1 aliphatic rings. The summed E-state index contributed by atoms with van der Waals surface area (Å²) >= 11 is 0. The molecule has 0 bridgehead atoms. The zero-order chi connectivity index (χ0) is 20.1. The molecule has 0 radical (unpaired) electrons. The number of rotatable bonds is 8. The Morgan fingerprint density at radius 3 is 2.75 bits per heavy atom. The lowest BCUT2D eigenvalue weighted by Crippen LogP contribution is -2.43. The molecule has 0 spiro atoms. The van der Waals surface area contributed by atoms with Gasteiger partial charge in [0.2, 0.25) is 11.8 Å². The van der Waals surface area contributed by atoms with E-state index in [0.29, 0.717) is 32.2 Å². The predicted octanol–water partition coefficient (Wildman–Crippen LogP) is 2.49. The Labute approximate surface area is 163 Å². The van der Waals surface area contributed by atoms with E-state index in [9.17, 15) is 14.4 Å². The SMILES string of the molecule is CN(Cc1cccc2cnccc12)C(=O)CC[C@]1(CCC(=O)O)CCC(=O)N1. The molecule has 2 aromatic rings. The van der Waals surface area contributed by atoms with E-state index < -0.39 is 11.5 Å². The Bertz CT molecular complexity index is 893. The largest absolute Gasteiger partial charge is 0.481 e. The van der Waals surface area contributed by atoms with Crippen LogP contribution in [0.4, 0.5) is 0 Å². The highest BCUT2D eigenvalue weighted by Gasteiger charge is 2.38. The number of benzene rings is 1. The lowest BCUT2D eigenvalue weighted by Gasteiger charge is -2.29. The summed E-state index contributed by atoms with van der Waals surface area (Å²) in [6, 6.07) is 7.88. The molecule has 1 fully saturated rings. The molecule has 2 N–H and O–H groups in total. The molecule has 1 aromatic carbocycles. The molecule has 7 heteroatoms. The Hall–Kier alpha value is -2.96. The standard InChI is InChI=1S/C21H25N3O4/c1-24(14-16-4-2-3-15-13-22-12-8-17(15)16)19(26)6-10-21(11-7-20(27)28)9-5-18(25)23-21/h2-4,8,12-13H,5-7,9-11,14H2,1H3,(H,23,25)(H,27,28)/t21-/m0/s1. The third kappa shape index (κ3) is 4.65. The Kier molecular flexibility index (Phi) is 5.92. The number of nitrogens with one attached hydrogen (secondary N) is 1. The topological polar surface area (TPSA) is 99.6 Å². The summed E-state index contributed by atoms with van der Waals surface area (Å²) in [7, 11) is 1.76. The van der Waals surface area contributed by atoms with Crippen LogP contribution in [0.2, 0.25) is 0 Å². The summed E-state index contributed by atoms with van der Waals surface area (Å²) in [5.41, 5.74) is 0.461. The Morgan fingerprint density at radius 1 is 1.25 bits per heavy atom. The molecule has 3 rings (SSSR count). The van der Waals surface area contributed by atoms with Crippen molar-refractivity contribution < 1.29 is 19.5 Å². The molecule has 0 saturated carbocycles. The molecule has 28 heavy (non-hydrogen) atoms. The van der Waals surface area contributed by atoms with Gasteiger partial charge in [-0.05, 0) is 36.3 Å². The van der Waals surface area contributed by atoms with Crippen LogP contribution >= 0.6 is 0 Å². The number of nitrogens with zero attached hydrogens (tertiary/aromatic N) is 2. The summed E-state index contributed by atoms with van der Waals surface area (Å²) in [5, 5.41) is 14.0. The number of hydrogen-bond acceptors (Lipinski definition) is 4. The van der Waals surface area contributed by atoms with Crippen LogP contribution in [0, 0.1) is 0 Å². The van der Waals surface area contributed by atoms with Crippen LogP contribution in [0.15, 0.2) is 36.7 Å². The van der Waals surface area contributed by atoms with Crippen LogP contribution in [0.25, 0.3) is 10.8 Å². The third-order valence-corrected chi connectivity index (χ3v) is 5.47. The molecular formula is C21H25N3O4. The maximum Gasteiger partial charge on any atom is 0.303 e. The van der Waals surface area contributed by atoms with Gasteiger partial charge < -0.3 is 15.3 Å². The number of aliphatic carboxylic acids is 1. The van der Waals surface area contributed by atoms with Crippen LogP contribution in [0.5, 0.6) is 0 Å². The van der Waals surface area contributed by atoms with Crippen LogP contribution in [-0.4, -0.2) is 45.4 Å². The molecule has 2 heterocycles. The second kappa shape index (κ2) is 8.37. The fourth-order valence-electron chi connectivity index (χ4n) is 3.83. The monoisotopic (exact) mass is 383 g/mol. The zero-order valence-corrected chi connectivity index (χ0v) is 16.0. The summed E-state index contributed by atoms with van der Waals surface area (Å²) in [6.07, 6.45) is 5.55. The number of aromatic nitrogens is 1. The lowest BCUT2D eigenvalue weighted by molar-refractivity contribution is -0.137. The first kappa shape index (κ1) is 19.8. The highest BCUT2D eigenvalue weighted by atomic mass is 16.4. The second-order valence-corrected chi connectivity index (χ2v) is 7.49. The van der Waals surface area contributed by atoms with Crippen molar-refractivity contribution >= 4 is 28.6 Å². The van der Waals surface area contributed by atoms with Crippen molar-refractivity contribution in [1.29, 1.82) is 0 Å². The highest BCUT2D eigenvalue weighted by molar-refractivity contribution is 5.85. The number of carboxylic acids is 1. The van der Waals surface area contributed by atoms with Gasteiger partial charge in [-0.25, -0.2) is 0 Å². The summed E-state index contributed by atoms with van der Waals surface area (Å²) in [6.45, 7) is 0.481.